The summed E-state index contributed by atoms with van der Waals surface area (Å²) in [6.45, 7) is 2.73. The third-order valence-corrected chi connectivity index (χ3v) is 6.92. The predicted octanol–water partition coefficient (Wildman–Crippen LogP) is 2.52. The molecule has 32 heavy (non-hydrogen) atoms. The fraction of sp³-hybridized carbons (Fsp3) is 0.391. The first-order valence-electron chi connectivity index (χ1n) is 10.6. The van der Waals surface area contributed by atoms with Gasteiger partial charge in [-0.15, -0.1) is 0 Å². The van der Waals surface area contributed by atoms with Gasteiger partial charge in [-0.2, -0.15) is 4.72 Å². The fourth-order valence-corrected chi connectivity index (χ4v) is 4.90. The van der Waals surface area contributed by atoms with Crippen molar-refractivity contribution in [2.24, 2.45) is 5.92 Å². The van der Waals surface area contributed by atoms with Crippen LogP contribution in [0.25, 0.3) is 0 Å². The maximum atomic E-state index is 13.3. The van der Waals surface area contributed by atoms with Gasteiger partial charge in [0.2, 0.25) is 15.9 Å². The largest absolute Gasteiger partial charge is 0.466 e. The van der Waals surface area contributed by atoms with Crippen LogP contribution >= 0.6 is 0 Å². The first-order chi connectivity index (χ1) is 15.3. The summed E-state index contributed by atoms with van der Waals surface area (Å²) in [5.41, 5.74) is 0.800. The quantitative estimate of drug-likeness (QED) is 0.609. The van der Waals surface area contributed by atoms with Crippen molar-refractivity contribution in [2.45, 2.75) is 37.1 Å². The summed E-state index contributed by atoms with van der Waals surface area (Å²) in [6.07, 6.45) is 1.10. The summed E-state index contributed by atoms with van der Waals surface area (Å²) in [5, 5.41) is 0. The number of esters is 1. The lowest BCUT2D eigenvalue weighted by Crippen LogP contribution is -2.52. The van der Waals surface area contributed by atoms with Crippen molar-refractivity contribution in [2.75, 3.05) is 19.7 Å². The van der Waals surface area contributed by atoms with Crippen LogP contribution in [0.3, 0.4) is 0 Å². The molecule has 1 aliphatic rings. The Morgan fingerprint density at radius 3 is 2.31 bits per heavy atom. The van der Waals surface area contributed by atoms with Crippen LogP contribution in [0.4, 0.5) is 4.39 Å². The lowest BCUT2D eigenvalue weighted by Gasteiger charge is -2.33. The Kier molecular flexibility index (Phi) is 7.98. The molecule has 172 valence electrons. The highest BCUT2D eigenvalue weighted by molar-refractivity contribution is 7.89. The molecule has 1 atom stereocenters. The number of carbonyl (C=O) groups excluding carboxylic acids is 2. The number of piperidine rings is 1. The summed E-state index contributed by atoms with van der Waals surface area (Å²) >= 11 is 0. The maximum Gasteiger partial charge on any atom is 0.309 e. The molecule has 9 heteroatoms. The van der Waals surface area contributed by atoms with Gasteiger partial charge in [-0.1, -0.05) is 30.3 Å². The van der Waals surface area contributed by atoms with E-state index in [-0.39, 0.29) is 29.1 Å². The number of carbonyl (C=O) groups is 2. The molecule has 2 aromatic carbocycles. The molecule has 0 bridgehead atoms. The topological polar surface area (TPSA) is 92.8 Å². The lowest BCUT2D eigenvalue weighted by molar-refractivity contribution is -0.151. The minimum Gasteiger partial charge on any atom is -0.466 e. The number of sulfonamides is 1. The third-order valence-electron chi connectivity index (χ3n) is 5.43. The minimum atomic E-state index is -4.05. The molecule has 1 N–H and O–H groups in total. The SMILES string of the molecule is CCOC(=O)C1CCN(C(=O)C(Cc2ccccc2)NS(=O)(=O)c2ccc(F)cc2)CC1. The van der Waals surface area contributed by atoms with E-state index in [0.717, 1.165) is 29.8 Å². The number of halogens is 1. The predicted molar refractivity (Wildman–Crippen MR) is 117 cm³/mol. The van der Waals surface area contributed by atoms with Crippen LogP contribution in [0.5, 0.6) is 0 Å². The number of nitrogens with zero attached hydrogens (tertiary/aromatic N) is 1. The lowest BCUT2D eigenvalue weighted by atomic mass is 9.96. The normalized spacial score (nSPS) is 15.9. The van der Waals surface area contributed by atoms with Gasteiger partial charge in [0.1, 0.15) is 11.9 Å². The van der Waals surface area contributed by atoms with Crippen LogP contribution in [0.15, 0.2) is 59.5 Å². The maximum absolute atomic E-state index is 13.3. The monoisotopic (exact) mass is 462 g/mol. The summed E-state index contributed by atoms with van der Waals surface area (Å²) in [7, 11) is -4.05. The zero-order chi connectivity index (χ0) is 23.1. The smallest absolute Gasteiger partial charge is 0.309 e. The summed E-state index contributed by atoms with van der Waals surface area (Å²) in [5.74, 6) is -1.44. The van der Waals surface area contributed by atoms with E-state index in [4.69, 9.17) is 4.74 Å². The highest BCUT2D eigenvalue weighted by Gasteiger charge is 2.33. The van der Waals surface area contributed by atoms with Gasteiger partial charge in [0.25, 0.3) is 0 Å². The van der Waals surface area contributed by atoms with Gasteiger partial charge < -0.3 is 9.64 Å². The molecule has 1 aliphatic heterocycles. The standard InChI is InChI=1S/C23H27FN2O5S/c1-2-31-23(28)18-12-14-26(15-13-18)22(27)21(16-17-6-4-3-5-7-17)25-32(29,30)20-10-8-19(24)9-11-20/h3-11,18,21,25H,2,12-16H2,1H3. The molecule has 0 aliphatic carbocycles. The Morgan fingerprint density at radius 1 is 1.09 bits per heavy atom. The zero-order valence-corrected chi connectivity index (χ0v) is 18.7. The first kappa shape index (κ1) is 23.9. The summed E-state index contributed by atoms with van der Waals surface area (Å²) in [4.78, 5) is 26.7. The number of benzene rings is 2. The highest BCUT2D eigenvalue weighted by atomic mass is 32.2. The van der Waals surface area contributed by atoms with Gasteiger partial charge in [-0.25, -0.2) is 12.8 Å². The van der Waals surface area contributed by atoms with Crippen LogP contribution < -0.4 is 4.72 Å². The fourth-order valence-electron chi connectivity index (χ4n) is 3.71. The molecular weight excluding hydrogens is 435 g/mol. The van der Waals surface area contributed by atoms with Crippen LogP contribution in [-0.4, -0.2) is 50.9 Å². The zero-order valence-electron chi connectivity index (χ0n) is 17.9. The van der Waals surface area contributed by atoms with Gasteiger partial charge in [0.15, 0.2) is 0 Å². The Balaban J connectivity index is 1.76. The van der Waals surface area contributed by atoms with E-state index in [9.17, 15) is 22.4 Å². The molecular formula is C23H27FN2O5S. The molecule has 1 unspecified atom stereocenters. The van der Waals surface area contributed by atoms with Crippen molar-refractivity contribution < 1.29 is 27.1 Å². The molecule has 0 radical (unpaired) electrons. The second kappa shape index (κ2) is 10.7. The number of rotatable bonds is 8. The van der Waals surface area contributed by atoms with Crippen LogP contribution in [0.1, 0.15) is 25.3 Å². The van der Waals surface area contributed by atoms with E-state index >= 15 is 0 Å². The molecule has 7 nitrogen and oxygen atoms in total. The second-order valence-corrected chi connectivity index (χ2v) is 9.38. The van der Waals surface area contributed by atoms with E-state index in [1.807, 2.05) is 30.3 Å². The number of amides is 1. The van der Waals surface area contributed by atoms with Crippen molar-refractivity contribution in [1.29, 1.82) is 0 Å². The van der Waals surface area contributed by atoms with E-state index in [1.54, 1.807) is 11.8 Å². The Bertz CT molecular complexity index is 1020. The van der Waals surface area contributed by atoms with Gasteiger partial charge in [0, 0.05) is 13.1 Å². The summed E-state index contributed by atoms with van der Waals surface area (Å²) < 4.78 is 46.5. The van der Waals surface area contributed by atoms with E-state index < -0.39 is 21.9 Å². The van der Waals surface area contributed by atoms with E-state index in [1.165, 1.54) is 0 Å². The van der Waals surface area contributed by atoms with Gasteiger partial charge in [-0.05, 0) is 56.0 Å². The van der Waals surface area contributed by atoms with E-state index in [2.05, 4.69) is 4.72 Å². The molecule has 0 aromatic heterocycles. The molecule has 2 aromatic rings. The molecule has 1 amide bonds. The highest BCUT2D eigenvalue weighted by Crippen LogP contribution is 2.21. The van der Waals surface area contributed by atoms with Crippen molar-refractivity contribution in [3.05, 3.63) is 66.0 Å². The van der Waals surface area contributed by atoms with Crippen LogP contribution in [0, 0.1) is 11.7 Å². The average Bonchev–Trinajstić information content (AvgIpc) is 2.79. The third kappa shape index (κ3) is 6.14. The van der Waals surface area contributed by atoms with Crippen molar-refractivity contribution in [3.63, 3.8) is 0 Å². The van der Waals surface area contributed by atoms with Gasteiger partial charge >= 0.3 is 5.97 Å². The number of ether oxygens (including phenoxy) is 1. The molecule has 3 rings (SSSR count). The van der Waals surface area contributed by atoms with Crippen molar-refractivity contribution in [1.82, 2.24) is 9.62 Å². The number of nitrogens with one attached hydrogen (secondary N) is 1. The number of likely N-dealkylation sites (tertiary alicyclic amines) is 1. The number of hydrogen-bond donors (Lipinski definition) is 1. The molecule has 1 saturated heterocycles. The average molecular weight is 463 g/mol. The van der Waals surface area contributed by atoms with E-state index in [0.29, 0.717) is 32.5 Å². The molecule has 1 fully saturated rings. The Labute approximate surface area is 187 Å². The molecule has 1 heterocycles. The van der Waals surface area contributed by atoms with Crippen LogP contribution in [-0.2, 0) is 30.8 Å². The molecule has 0 saturated carbocycles. The minimum absolute atomic E-state index is 0.120. The van der Waals surface area contributed by atoms with Crippen LogP contribution in [0.2, 0.25) is 0 Å². The Hall–Kier alpha value is -2.78. The second-order valence-electron chi connectivity index (χ2n) is 7.67. The van der Waals surface area contributed by atoms with Crippen molar-refractivity contribution >= 4 is 21.9 Å². The number of hydrogen-bond acceptors (Lipinski definition) is 5. The van der Waals surface area contributed by atoms with Crippen molar-refractivity contribution in [3.8, 4) is 0 Å². The molecule has 0 spiro atoms. The first-order valence-corrected chi connectivity index (χ1v) is 12.1. The summed E-state index contributed by atoms with van der Waals surface area (Å²) in [6, 6.07) is 12.5. The van der Waals surface area contributed by atoms with Gasteiger partial charge in [0.05, 0.1) is 17.4 Å². The Morgan fingerprint density at radius 2 is 1.72 bits per heavy atom. The van der Waals surface area contributed by atoms with Gasteiger partial charge in [-0.3, -0.25) is 9.59 Å².